The molecule has 3 aromatic rings. The van der Waals surface area contributed by atoms with Crippen LogP contribution in [-0.4, -0.2) is 61.9 Å². The minimum atomic E-state index is 0.355. The topological polar surface area (TPSA) is 78.0 Å². The van der Waals surface area contributed by atoms with Crippen LogP contribution in [0.4, 0.5) is 5.95 Å². The van der Waals surface area contributed by atoms with Crippen molar-refractivity contribution in [1.29, 1.82) is 0 Å². The van der Waals surface area contributed by atoms with E-state index in [-0.39, 0.29) is 0 Å². The van der Waals surface area contributed by atoms with Crippen molar-refractivity contribution >= 4 is 5.95 Å². The number of aromatic nitrogens is 2. The fourth-order valence-electron chi connectivity index (χ4n) is 4.33. The van der Waals surface area contributed by atoms with Crippen LogP contribution in [0.3, 0.4) is 0 Å². The highest BCUT2D eigenvalue weighted by molar-refractivity contribution is 5.66. The van der Waals surface area contributed by atoms with Gasteiger partial charge in [-0.05, 0) is 55.2 Å². The predicted octanol–water partition coefficient (Wildman–Crippen LogP) is 4.64. The largest absolute Gasteiger partial charge is 0.493 e. The predicted molar refractivity (Wildman–Crippen MR) is 137 cm³/mol. The Kier molecular flexibility index (Phi) is 8.26. The van der Waals surface area contributed by atoms with Crippen LogP contribution in [0.25, 0.3) is 11.1 Å². The number of hydrogen-bond donors (Lipinski definition) is 1. The van der Waals surface area contributed by atoms with Crippen LogP contribution < -0.4 is 24.3 Å². The van der Waals surface area contributed by atoms with E-state index in [1.54, 1.807) is 21.3 Å². The van der Waals surface area contributed by atoms with Gasteiger partial charge in [0.1, 0.15) is 0 Å². The first kappa shape index (κ1) is 24.6. The van der Waals surface area contributed by atoms with Crippen LogP contribution in [0.1, 0.15) is 25.3 Å². The van der Waals surface area contributed by atoms with Gasteiger partial charge in [0.25, 0.3) is 0 Å². The minimum Gasteiger partial charge on any atom is -0.493 e. The van der Waals surface area contributed by atoms with Crippen LogP contribution in [0.2, 0.25) is 0 Å². The number of methoxy groups -OCH3 is 3. The Balaban J connectivity index is 1.30. The Hall–Kier alpha value is -3.52. The second-order valence-corrected chi connectivity index (χ2v) is 8.48. The molecule has 2 heterocycles. The SMILES string of the molecule is CCOc1cc(CN2CCC(Nc3ncc(-c4ccc(OC)c(OC)c4)cn3)CC2)ccc1OC. The number of anilines is 1. The zero-order valence-electron chi connectivity index (χ0n) is 20.9. The van der Waals surface area contributed by atoms with E-state index in [9.17, 15) is 0 Å². The lowest BCUT2D eigenvalue weighted by molar-refractivity contribution is 0.210. The third-order valence-electron chi connectivity index (χ3n) is 6.22. The molecule has 186 valence electrons. The number of piperidine rings is 1. The van der Waals surface area contributed by atoms with Crippen molar-refractivity contribution in [2.45, 2.75) is 32.4 Å². The molecule has 4 rings (SSSR count). The van der Waals surface area contributed by atoms with Crippen molar-refractivity contribution in [3.05, 3.63) is 54.4 Å². The zero-order chi connectivity index (χ0) is 24.6. The van der Waals surface area contributed by atoms with Crippen LogP contribution in [-0.2, 0) is 6.54 Å². The lowest BCUT2D eigenvalue weighted by atomic mass is 10.0. The molecule has 8 nitrogen and oxygen atoms in total. The standard InChI is InChI=1S/C27H34N4O4/c1-5-35-26-14-19(6-8-24(26)33-3)18-31-12-10-22(11-13-31)30-27-28-16-21(17-29-27)20-7-9-23(32-2)25(15-20)34-4/h6-9,14-17,22H,5,10-13,18H2,1-4H3,(H,28,29,30). The summed E-state index contributed by atoms with van der Waals surface area (Å²) in [5, 5.41) is 3.50. The number of nitrogens with zero attached hydrogens (tertiary/aromatic N) is 3. The molecule has 1 aromatic heterocycles. The van der Waals surface area contributed by atoms with E-state index in [4.69, 9.17) is 18.9 Å². The summed E-state index contributed by atoms with van der Waals surface area (Å²) in [6.45, 7) is 5.52. The molecule has 1 aliphatic rings. The number of rotatable bonds is 10. The fourth-order valence-corrected chi connectivity index (χ4v) is 4.33. The average molecular weight is 479 g/mol. The summed E-state index contributed by atoms with van der Waals surface area (Å²) < 4.78 is 21.8. The van der Waals surface area contributed by atoms with E-state index >= 15 is 0 Å². The molecule has 0 aliphatic carbocycles. The van der Waals surface area contributed by atoms with Gasteiger partial charge in [-0.2, -0.15) is 0 Å². The lowest BCUT2D eigenvalue weighted by Crippen LogP contribution is -2.38. The molecule has 1 fully saturated rings. The molecular weight excluding hydrogens is 444 g/mol. The summed E-state index contributed by atoms with van der Waals surface area (Å²) in [6.07, 6.45) is 5.75. The highest BCUT2D eigenvalue weighted by atomic mass is 16.5. The molecule has 0 saturated carbocycles. The van der Waals surface area contributed by atoms with Crippen molar-refractivity contribution in [1.82, 2.24) is 14.9 Å². The summed E-state index contributed by atoms with van der Waals surface area (Å²) in [7, 11) is 4.93. The fraction of sp³-hybridized carbons (Fsp3) is 0.407. The number of benzene rings is 2. The van der Waals surface area contributed by atoms with Crippen LogP contribution >= 0.6 is 0 Å². The second kappa shape index (κ2) is 11.8. The van der Waals surface area contributed by atoms with Crippen molar-refractivity contribution < 1.29 is 18.9 Å². The summed E-state index contributed by atoms with van der Waals surface area (Å²) in [5.74, 6) is 3.61. The highest BCUT2D eigenvalue weighted by Crippen LogP contribution is 2.32. The molecule has 0 unspecified atom stereocenters. The Morgan fingerprint density at radius 3 is 2.14 bits per heavy atom. The van der Waals surface area contributed by atoms with Gasteiger partial charge in [-0.1, -0.05) is 12.1 Å². The molecule has 35 heavy (non-hydrogen) atoms. The van der Waals surface area contributed by atoms with E-state index in [0.29, 0.717) is 30.1 Å². The molecule has 0 atom stereocenters. The van der Waals surface area contributed by atoms with Crippen molar-refractivity contribution in [3.63, 3.8) is 0 Å². The maximum Gasteiger partial charge on any atom is 0.222 e. The number of likely N-dealkylation sites (tertiary alicyclic amines) is 1. The van der Waals surface area contributed by atoms with Crippen LogP contribution in [0.15, 0.2) is 48.8 Å². The van der Waals surface area contributed by atoms with E-state index in [2.05, 4.69) is 32.3 Å². The number of hydrogen-bond acceptors (Lipinski definition) is 8. The minimum absolute atomic E-state index is 0.355. The Morgan fingerprint density at radius 1 is 0.829 bits per heavy atom. The first-order valence-corrected chi connectivity index (χ1v) is 12.0. The summed E-state index contributed by atoms with van der Waals surface area (Å²) in [5.41, 5.74) is 3.14. The maximum atomic E-state index is 5.72. The first-order valence-electron chi connectivity index (χ1n) is 12.0. The van der Waals surface area contributed by atoms with Gasteiger partial charge in [-0.25, -0.2) is 9.97 Å². The Morgan fingerprint density at radius 2 is 1.49 bits per heavy atom. The zero-order valence-corrected chi connectivity index (χ0v) is 20.9. The monoisotopic (exact) mass is 478 g/mol. The summed E-state index contributed by atoms with van der Waals surface area (Å²) >= 11 is 0. The third kappa shape index (κ3) is 6.14. The van der Waals surface area contributed by atoms with Crippen LogP contribution in [0.5, 0.6) is 23.0 Å². The molecule has 8 heteroatoms. The van der Waals surface area contributed by atoms with Crippen molar-refractivity contribution in [3.8, 4) is 34.1 Å². The van der Waals surface area contributed by atoms with Gasteiger partial charge in [-0.15, -0.1) is 0 Å². The number of ether oxygens (including phenoxy) is 4. The molecular formula is C27H34N4O4. The summed E-state index contributed by atoms with van der Waals surface area (Å²) in [4.78, 5) is 11.6. The Labute approximate surface area is 207 Å². The van der Waals surface area contributed by atoms with E-state index in [0.717, 1.165) is 55.1 Å². The third-order valence-corrected chi connectivity index (χ3v) is 6.22. The van der Waals surface area contributed by atoms with E-state index in [1.807, 2.05) is 43.6 Å². The van der Waals surface area contributed by atoms with Gasteiger partial charge in [0, 0.05) is 43.6 Å². The second-order valence-electron chi connectivity index (χ2n) is 8.48. The van der Waals surface area contributed by atoms with Crippen molar-refractivity contribution in [2.75, 3.05) is 46.3 Å². The van der Waals surface area contributed by atoms with Gasteiger partial charge >= 0.3 is 0 Å². The number of nitrogens with one attached hydrogen (secondary N) is 1. The Bertz CT molecular complexity index is 1100. The molecule has 1 saturated heterocycles. The van der Waals surface area contributed by atoms with Crippen molar-refractivity contribution in [2.24, 2.45) is 0 Å². The molecule has 0 bridgehead atoms. The molecule has 0 radical (unpaired) electrons. The molecule has 0 amide bonds. The molecule has 2 aromatic carbocycles. The average Bonchev–Trinajstić information content (AvgIpc) is 2.90. The van der Waals surface area contributed by atoms with E-state index in [1.165, 1.54) is 5.56 Å². The van der Waals surface area contributed by atoms with Gasteiger partial charge in [0.2, 0.25) is 5.95 Å². The highest BCUT2D eigenvalue weighted by Gasteiger charge is 2.20. The quantitative estimate of drug-likeness (QED) is 0.451. The molecule has 1 aliphatic heterocycles. The van der Waals surface area contributed by atoms with Gasteiger partial charge in [-0.3, -0.25) is 4.90 Å². The normalized spacial score (nSPS) is 14.4. The van der Waals surface area contributed by atoms with Gasteiger partial charge in [0.15, 0.2) is 23.0 Å². The van der Waals surface area contributed by atoms with E-state index < -0.39 is 0 Å². The molecule has 1 N–H and O–H groups in total. The molecule has 0 spiro atoms. The van der Waals surface area contributed by atoms with Crippen LogP contribution in [0, 0.1) is 0 Å². The lowest BCUT2D eigenvalue weighted by Gasteiger charge is -2.32. The summed E-state index contributed by atoms with van der Waals surface area (Å²) in [6, 6.07) is 12.3. The van der Waals surface area contributed by atoms with Gasteiger partial charge < -0.3 is 24.3 Å². The first-order chi connectivity index (χ1) is 17.1. The smallest absolute Gasteiger partial charge is 0.222 e. The van der Waals surface area contributed by atoms with Gasteiger partial charge in [0.05, 0.1) is 27.9 Å². The maximum absolute atomic E-state index is 5.72.